The minimum atomic E-state index is 0. The van der Waals surface area contributed by atoms with Crippen molar-refractivity contribution in [1.29, 1.82) is 0 Å². The van der Waals surface area contributed by atoms with Crippen molar-refractivity contribution in [3.05, 3.63) is 40.3 Å². The van der Waals surface area contributed by atoms with Gasteiger partial charge in [0, 0.05) is 0 Å². The largest absolute Gasteiger partial charge is 1.00 e. The molecule has 0 radical (unpaired) electrons. The third-order valence-corrected chi connectivity index (χ3v) is 2.01. The Kier molecular flexibility index (Phi) is 5.99. The van der Waals surface area contributed by atoms with Crippen LogP contribution in [0.1, 0.15) is 5.56 Å². The fourth-order valence-corrected chi connectivity index (χ4v) is 0.886. The molecule has 0 fully saturated rings. The number of benzene rings is 1. The van der Waals surface area contributed by atoms with Crippen LogP contribution < -0.4 is 51.4 Å². The molecule has 2 heteroatoms. The Hall–Kier alpha value is 1.46. The third kappa shape index (κ3) is 3.39. The summed E-state index contributed by atoms with van der Waals surface area (Å²) in [6, 6.07) is 8.05. The maximum Gasteiger partial charge on any atom is 1.00 e. The van der Waals surface area contributed by atoms with Gasteiger partial charge in [0.1, 0.15) is 0 Å². The van der Waals surface area contributed by atoms with Crippen LogP contribution >= 0.6 is 22.6 Å². The van der Waals surface area contributed by atoms with Crippen molar-refractivity contribution in [3.8, 4) is 0 Å². The van der Waals surface area contributed by atoms with Gasteiger partial charge < -0.3 is 0 Å². The molecule has 42 valence electrons. The molecule has 1 rings (SSSR count). The molecule has 1 aromatic rings. The van der Waals surface area contributed by atoms with Gasteiger partial charge in [-0.1, -0.05) is 9.64 Å². The molecule has 0 unspecified atom stereocenters. The van der Waals surface area contributed by atoms with Crippen LogP contribution in [0.5, 0.6) is 0 Å². The van der Waals surface area contributed by atoms with Gasteiger partial charge in [-0.3, -0.25) is 0 Å². The molecule has 0 saturated carbocycles. The van der Waals surface area contributed by atoms with E-state index in [2.05, 4.69) is 29.5 Å². The zero-order valence-electron chi connectivity index (χ0n) is 5.39. The van der Waals surface area contributed by atoms with E-state index in [1.807, 2.05) is 24.3 Å². The van der Waals surface area contributed by atoms with Crippen molar-refractivity contribution in [3.63, 3.8) is 0 Å². The maximum atomic E-state index is 3.81. The molecule has 0 N–H and O–H groups in total. The quantitative estimate of drug-likeness (QED) is 0.333. The van der Waals surface area contributed by atoms with Gasteiger partial charge in [0.05, 0.1) is 0 Å². The van der Waals surface area contributed by atoms with Crippen LogP contribution in [0, 0.1) is 10.5 Å². The van der Waals surface area contributed by atoms with Gasteiger partial charge in [0.25, 0.3) is 0 Å². The Morgan fingerprint density at radius 1 is 1.22 bits per heavy atom. The van der Waals surface area contributed by atoms with E-state index in [1.54, 1.807) is 0 Å². The monoisotopic (exact) mass is 256 g/mol. The average Bonchev–Trinajstić information content (AvgIpc) is 1.77. The predicted molar refractivity (Wildman–Crippen MR) is 43.6 cm³/mol. The normalized spacial score (nSPS) is 8.11. The first-order valence-corrected chi connectivity index (χ1v) is 3.45. The first-order valence-electron chi connectivity index (χ1n) is 2.37. The summed E-state index contributed by atoms with van der Waals surface area (Å²) in [5, 5.41) is 0. The summed E-state index contributed by atoms with van der Waals surface area (Å²) in [6.45, 7) is 3.81. The molecule has 0 heterocycles. The molecule has 0 aliphatic rings. The van der Waals surface area contributed by atoms with E-state index in [9.17, 15) is 0 Å². The van der Waals surface area contributed by atoms with E-state index in [4.69, 9.17) is 0 Å². The fourth-order valence-electron chi connectivity index (χ4n) is 0.498. The topological polar surface area (TPSA) is 0 Å². The van der Waals surface area contributed by atoms with E-state index in [0.717, 1.165) is 5.56 Å². The average molecular weight is 256 g/mol. The molecule has 0 amide bonds. The first kappa shape index (κ1) is 10.5. The molecule has 0 saturated heterocycles. The minimum absolute atomic E-state index is 0. The van der Waals surface area contributed by atoms with Crippen LogP contribution in [0.2, 0.25) is 0 Å². The first-order chi connectivity index (χ1) is 3.80. The molecule has 0 bridgehead atoms. The second kappa shape index (κ2) is 5.15. The smallest absolute Gasteiger partial charge is 0.198 e. The second-order valence-corrected chi connectivity index (χ2v) is 2.75. The van der Waals surface area contributed by atoms with Gasteiger partial charge >= 0.3 is 51.4 Å². The SMILES string of the molecule is [CH2-]c1ccccc1I.[K+]. The Morgan fingerprint density at radius 2 is 1.78 bits per heavy atom. The van der Waals surface area contributed by atoms with E-state index in [-0.39, 0.29) is 51.4 Å². The van der Waals surface area contributed by atoms with Crippen molar-refractivity contribution in [2.75, 3.05) is 0 Å². The number of hydrogen-bond donors (Lipinski definition) is 0. The molecule has 0 aliphatic carbocycles. The van der Waals surface area contributed by atoms with Crippen molar-refractivity contribution in [2.24, 2.45) is 0 Å². The van der Waals surface area contributed by atoms with Crippen molar-refractivity contribution in [1.82, 2.24) is 0 Å². The summed E-state index contributed by atoms with van der Waals surface area (Å²) in [5.74, 6) is 0. The van der Waals surface area contributed by atoms with Gasteiger partial charge in [0.2, 0.25) is 0 Å². The maximum absolute atomic E-state index is 3.81. The molecule has 1 aromatic carbocycles. The zero-order valence-corrected chi connectivity index (χ0v) is 10.7. The Balaban J connectivity index is 0.000000640. The van der Waals surface area contributed by atoms with E-state index < -0.39 is 0 Å². The predicted octanol–water partition coefficient (Wildman–Crippen LogP) is -0.523. The minimum Gasteiger partial charge on any atom is -0.198 e. The molecule has 0 atom stereocenters. The Labute approximate surface area is 112 Å². The Morgan fingerprint density at radius 3 is 2.11 bits per heavy atom. The summed E-state index contributed by atoms with van der Waals surface area (Å²) in [5.41, 5.74) is 1.10. The van der Waals surface area contributed by atoms with Crippen LogP contribution in [0.4, 0.5) is 0 Å². The van der Waals surface area contributed by atoms with Gasteiger partial charge in [-0.2, -0.15) is 18.6 Å². The van der Waals surface area contributed by atoms with Crippen molar-refractivity contribution < 1.29 is 51.4 Å². The third-order valence-electron chi connectivity index (χ3n) is 0.958. The molecular weight excluding hydrogens is 250 g/mol. The van der Waals surface area contributed by atoms with E-state index >= 15 is 0 Å². The summed E-state index contributed by atoms with van der Waals surface area (Å²) in [6.07, 6.45) is 0. The van der Waals surface area contributed by atoms with Crippen LogP contribution in [0.15, 0.2) is 24.3 Å². The van der Waals surface area contributed by atoms with Gasteiger partial charge in [-0.05, 0) is 0 Å². The second-order valence-electron chi connectivity index (χ2n) is 1.59. The molecule has 0 aliphatic heterocycles. The molecule has 0 spiro atoms. The van der Waals surface area contributed by atoms with E-state index in [1.165, 1.54) is 3.57 Å². The summed E-state index contributed by atoms with van der Waals surface area (Å²) >= 11 is 2.26. The molecule has 0 nitrogen and oxygen atoms in total. The zero-order chi connectivity index (χ0) is 5.98. The van der Waals surface area contributed by atoms with Crippen molar-refractivity contribution in [2.45, 2.75) is 0 Å². The number of hydrogen-bond acceptors (Lipinski definition) is 0. The van der Waals surface area contributed by atoms with Crippen molar-refractivity contribution >= 4 is 22.6 Å². The van der Waals surface area contributed by atoms with Gasteiger partial charge in [-0.25, -0.2) is 0 Å². The fraction of sp³-hybridized carbons (Fsp3) is 0. The summed E-state index contributed by atoms with van der Waals surface area (Å²) < 4.78 is 1.23. The van der Waals surface area contributed by atoms with Gasteiger partial charge in [-0.15, -0.1) is 34.7 Å². The number of rotatable bonds is 0. The summed E-state index contributed by atoms with van der Waals surface area (Å²) in [7, 11) is 0. The van der Waals surface area contributed by atoms with Crippen LogP contribution in [-0.4, -0.2) is 0 Å². The van der Waals surface area contributed by atoms with Crippen LogP contribution in [0.25, 0.3) is 0 Å². The van der Waals surface area contributed by atoms with Gasteiger partial charge in [0.15, 0.2) is 0 Å². The van der Waals surface area contributed by atoms with E-state index in [0.29, 0.717) is 0 Å². The van der Waals surface area contributed by atoms with Crippen LogP contribution in [0.3, 0.4) is 0 Å². The summed E-state index contributed by atoms with van der Waals surface area (Å²) in [4.78, 5) is 0. The molecule has 9 heavy (non-hydrogen) atoms. The number of halogens is 1. The standard InChI is InChI=1S/C7H6I.K/c1-6-4-2-3-5-7(6)8;/h2-5H,1H2;/q-1;+1. The Bertz CT molecular complexity index is 165. The molecule has 0 aromatic heterocycles. The molecular formula is C7H6IK. The van der Waals surface area contributed by atoms with Crippen LogP contribution in [-0.2, 0) is 0 Å².